The van der Waals surface area contributed by atoms with Crippen molar-refractivity contribution >= 4 is 0 Å². The SMILES string of the molecule is Fc1ccccc1-n1cc(-c2ccccc2)c(-c2ccccc2)n1. The van der Waals surface area contributed by atoms with Crippen LogP contribution in [0.5, 0.6) is 0 Å². The van der Waals surface area contributed by atoms with Crippen molar-refractivity contribution in [3.05, 3.63) is 96.9 Å². The Balaban J connectivity index is 1.94. The number of benzene rings is 3. The fraction of sp³-hybridized carbons (Fsp3) is 0. The maximum Gasteiger partial charge on any atom is 0.148 e. The third-order valence-corrected chi connectivity index (χ3v) is 3.95. The molecule has 0 aliphatic carbocycles. The van der Waals surface area contributed by atoms with E-state index in [-0.39, 0.29) is 5.82 Å². The Morgan fingerprint density at radius 1 is 0.667 bits per heavy atom. The van der Waals surface area contributed by atoms with Gasteiger partial charge in [0.15, 0.2) is 0 Å². The van der Waals surface area contributed by atoms with Gasteiger partial charge in [0.2, 0.25) is 0 Å². The van der Waals surface area contributed by atoms with Crippen molar-refractivity contribution in [3.8, 4) is 28.1 Å². The first kappa shape index (κ1) is 14.4. The molecule has 0 radical (unpaired) electrons. The van der Waals surface area contributed by atoms with Crippen molar-refractivity contribution in [2.24, 2.45) is 0 Å². The van der Waals surface area contributed by atoms with Crippen molar-refractivity contribution in [3.63, 3.8) is 0 Å². The van der Waals surface area contributed by atoms with Crippen LogP contribution >= 0.6 is 0 Å². The van der Waals surface area contributed by atoms with Crippen LogP contribution in [0.1, 0.15) is 0 Å². The Labute approximate surface area is 139 Å². The second-order valence-electron chi connectivity index (χ2n) is 5.52. The Morgan fingerprint density at radius 3 is 1.92 bits per heavy atom. The van der Waals surface area contributed by atoms with Crippen LogP contribution in [0.2, 0.25) is 0 Å². The smallest absolute Gasteiger partial charge is 0.148 e. The predicted molar refractivity (Wildman–Crippen MR) is 94.4 cm³/mol. The third kappa shape index (κ3) is 2.61. The summed E-state index contributed by atoms with van der Waals surface area (Å²) < 4.78 is 15.8. The molecule has 0 atom stereocenters. The van der Waals surface area contributed by atoms with Gasteiger partial charge in [-0.3, -0.25) is 0 Å². The molecule has 1 heterocycles. The monoisotopic (exact) mass is 314 g/mol. The second-order valence-corrected chi connectivity index (χ2v) is 5.52. The second kappa shape index (κ2) is 6.13. The minimum Gasteiger partial charge on any atom is -0.237 e. The number of aromatic nitrogens is 2. The predicted octanol–water partition coefficient (Wildman–Crippen LogP) is 5.35. The Bertz CT molecular complexity index is 903. The number of para-hydroxylation sites is 1. The van der Waals surface area contributed by atoms with Gasteiger partial charge in [-0.1, -0.05) is 72.8 Å². The fourth-order valence-electron chi connectivity index (χ4n) is 2.77. The van der Waals surface area contributed by atoms with E-state index in [0.717, 1.165) is 22.4 Å². The summed E-state index contributed by atoms with van der Waals surface area (Å²) >= 11 is 0. The molecule has 0 aliphatic heterocycles. The van der Waals surface area contributed by atoms with Crippen molar-refractivity contribution < 1.29 is 4.39 Å². The van der Waals surface area contributed by atoms with E-state index in [9.17, 15) is 4.39 Å². The molecule has 0 saturated carbocycles. The van der Waals surface area contributed by atoms with E-state index in [2.05, 4.69) is 5.10 Å². The lowest BCUT2D eigenvalue weighted by Gasteiger charge is -2.02. The largest absolute Gasteiger partial charge is 0.237 e. The molecule has 1 aromatic heterocycles. The van der Waals surface area contributed by atoms with Gasteiger partial charge < -0.3 is 0 Å². The first-order valence-electron chi connectivity index (χ1n) is 7.78. The summed E-state index contributed by atoms with van der Waals surface area (Å²) in [6, 6.07) is 26.7. The molecule has 0 amide bonds. The van der Waals surface area contributed by atoms with Crippen molar-refractivity contribution in [2.75, 3.05) is 0 Å². The summed E-state index contributed by atoms with van der Waals surface area (Å²) in [5.74, 6) is -0.292. The van der Waals surface area contributed by atoms with Crippen LogP contribution in [0.3, 0.4) is 0 Å². The highest BCUT2D eigenvalue weighted by atomic mass is 19.1. The Hall–Kier alpha value is -3.20. The van der Waals surface area contributed by atoms with Crippen LogP contribution in [-0.4, -0.2) is 9.78 Å². The molecular weight excluding hydrogens is 299 g/mol. The van der Waals surface area contributed by atoms with E-state index in [1.54, 1.807) is 16.8 Å². The van der Waals surface area contributed by atoms with Gasteiger partial charge in [0, 0.05) is 17.3 Å². The standard InChI is InChI=1S/C21H15FN2/c22-19-13-7-8-14-20(19)24-15-18(16-9-3-1-4-10-16)21(23-24)17-11-5-2-6-12-17/h1-15H. The van der Waals surface area contributed by atoms with Crippen molar-refractivity contribution in [1.82, 2.24) is 9.78 Å². The lowest BCUT2D eigenvalue weighted by atomic mass is 10.0. The zero-order valence-corrected chi connectivity index (χ0v) is 12.9. The average Bonchev–Trinajstić information content (AvgIpc) is 3.09. The fourth-order valence-corrected chi connectivity index (χ4v) is 2.77. The first-order chi connectivity index (χ1) is 11.8. The van der Waals surface area contributed by atoms with Crippen LogP contribution in [0, 0.1) is 5.82 Å². The highest BCUT2D eigenvalue weighted by Crippen LogP contribution is 2.32. The van der Waals surface area contributed by atoms with E-state index in [1.807, 2.05) is 72.9 Å². The van der Waals surface area contributed by atoms with Crippen LogP contribution < -0.4 is 0 Å². The van der Waals surface area contributed by atoms with Crippen LogP contribution in [-0.2, 0) is 0 Å². The zero-order chi connectivity index (χ0) is 16.4. The molecule has 2 nitrogen and oxygen atoms in total. The van der Waals surface area contributed by atoms with Crippen LogP contribution in [0.25, 0.3) is 28.1 Å². The van der Waals surface area contributed by atoms with Gasteiger partial charge >= 0.3 is 0 Å². The number of hydrogen-bond acceptors (Lipinski definition) is 1. The van der Waals surface area contributed by atoms with E-state index < -0.39 is 0 Å². The van der Waals surface area contributed by atoms with Gasteiger partial charge in [-0.05, 0) is 17.7 Å². The molecule has 3 heteroatoms. The minimum absolute atomic E-state index is 0.292. The lowest BCUT2D eigenvalue weighted by Crippen LogP contribution is -1.97. The van der Waals surface area contributed by atoms with Crippen molar-refractivity contribution in [2.45, 2.75) is 0 Å². The average molecular weight is 314 g/mol. The maximum absolute atomic E-state index is 14.2. The van der Waals surface area contributed by atoms with Gasteiger partial charge in [-0.15, -0.1) is 0 Å². The molecular formula is C21H15FN2. The van der Waals surface area contributed by atoms with Gasteiger partial charge in [-0.2, -0.15) is 5.10 Å². The Morgan fingerprint density at radius 2 is 1.25 bits per heavy atom. The number of nitrogens with zero attached hydrogens (tertiary/aromatic N) is 2. The number of rotatable bonds is 3. The van der Waals surface area contributed by atoms with Gasteiger partial charge in [0.05, 0.1) is 0 Å². The number of halogens is 1. The van der Waals surface area contributed by atoms with Crippen LogP contribution in [0.4, 0.5) is 4.39 Å². The molecule has 0 fully saturated rings. The number of hydrogen-bond donors (Lipinski definition) is 0. The normalized spacial score (nSPS) is 10.7. The minimum atomic E-state index is -0.292. The Kier molecular flexibility index (Phi) is 3.67. The van der Waals surface area contributed by atoms with E-state index in [0.29, 0.717) is 5.69 Å². The van der Waals surface area contributed by atoms with Gasteiger partial charge in [-0.25, -0.2) is 9.07 Å². The summed E-state index contributed by atoms with van der Waals surface area (Å²) in [5, 5.41) is 4.66. The van der Waals surface area contributed by atoms with Crippen LogP contribution in [0.15, 0.2) is 91.1 Å². The zero-order valence-electron chi connectivity index (χ0n) is 12.9. The van der Waals surface area contributed by atoms with Gasteiger partial charge in [0.1, 0.15) is 17.2 Å². The molecule has 0 aliphatic rings. The summed E-state index contributed by atoms with van der Waals surface area (Å²) in [5.41, 5.74) is 4.32. The quantitative estimate of drug-likeness (QED) is 0.499. The van der Waals surface area contributed by atoms with E-state index >= 15 is 0 Å². The summed E-state index contributed by atoms with van der Waals surface area (Å²) in [7, 11) is 0. The molecule has 0 spiro atoms. The molecule has 4 aromatic rings. The summed E-state index contributed by atoms with van der Waals surface area (Å²) in [6.45, 7) is 0. The van der Waals surface area contributed by atoms with E-state index in [1.165, 1.54) is 6.07 Å². The molecule has 4 rings (SSSR count). The van der Waals surface area contributed by atoms with E-state index in [4.69, 9.17) is 0 Å². The third-order valence-electron chi connectivity index (χ3n) is 3.95. The molecule has 0 N–H and O–H groups in total. The highest BCUT2D eigenvalue weighted by molar-refractivity contribution is 5.80. The summed E-state index contributed by atoms with van der Waals surface area (Å²) in [4.78, 5) is 0. The molecule has 0 bridgehead atoms. The summed E-state index contributed by atoms with van der Waals surface area (Å²) in [6.07, 6.45) is 1.88. The molecule has 116 valence electrons. The molecule has 3 aromatic carbocycles. The molecule has 24 heavy (non-hydrogen) atoms. The lowest BCUT2D eigenvalue weighted by molar-refractivity contribution is 0.611. The molecule has 0 saturated heterocycles. The molecule has 0 unspecified atom stereocenters. The first-order valence-corrected chi connectivity index (χ1v) is 7.78. The topological polar surface area (TPSA) is 17.8 Å². The maximum atomic E-state index is 14.2. The van der Waals surface area contributed by atoms with Gasteiger partial charge in [0.25, 0.3) is 0 Å². The van der Waals surface area contributed by atoms with Crippen molar-refractivity contribution in [1.29, 1.82) is 0 Å². The highest BCUT2D eigenvalue weighted by Gasteiger charge is 2.15.